The Morgan fingerprint density at radius 3 is 2.77 bits per heavy atom. The standard InChI is InChI=1S/C19H22N4O2S/c1-15(24)23-12-18(25)22(16-5-3-2-4-6-16)14-19(23)7-9-21(13-19)11-17-20-8-10-26-17/h2-6,8,10H,7,9,11-14H2,1H3. The monoisotopic (exact) mass is 370 g/mol. The van der Waals surface area contributed by atoms with Crippen LogP contribution in [0.25, 0.3) is 0 Å². The van der Waals surface area contributed by atoms with E-state index in [-0.39, 0.29) is 23.9 Å². The lowest BCUT2D eigenvalue weighted by atomic mass is 9.91. The molecule has 136 valence electrons. The van der Waals surface area contributed by atoms with Gasteiger partial charge >= 0.3 is 0 Å². The Hall–Kier alpha value is -2.25. The summed E-state index contributed by atoms with van der Waals surface area (Å²) in [6.07, 6.45) is 2.69. The fourth-order valence-corrected chi connectivity index (χ4v) is 4.75. The number of likely N-dealkylation sites (tertiary alicyclic amines) is 1. The highest BCUT2D eigenvalue weighted by molar-refractivity contribution is 7.09. The Morgan fingerprint density at radius 2 is 2.08 bits per heavy atom. The van der Waals surface area contributed by atoms with Crippen LogP contribution in [0.2, 0.25) is 0 Å². The maximum absolute atomic E-state index is 12.7. The van der Waals surface area contributed by atoms with Crippen molar-refractivity contribution in [3.8, 4) is 0 Å². The molecule has 0 aliphatic carbocycles. The maximum atomic E-state index is 12.7. The predicted molar refractivity (Wildman–Crippen MR) is 101 cm³/mol. The summed E-state index contributed by atoms with van der Waals surface area (Å²) < 4.78 is 0. The molecule has 3 heterocycles. The lowest BCUT2D eigenvalue weighted by Crippen LogP contribution is -2.66. The molecule has 1 spiro atoms. The number of piperazine rings is 1. The van der Waals surface area contributed by atoms with Crippen molar-refractivity contribution in [1.29, 1.82) is 0 Å². The van der Waals surface area contributed by atoms with Crippen LogP contribution in [0.5, 0.6) is 0 Å². The minimum atomic E-state index is -0.327. The van der Waals surface area contributed by atoms with Crippen LogP contribution in [0.4, 0.5) is 5.69 Å². The molecule has 2 aliphatic rings. The van der Waals surface area contributed by atoms with Crippen molar-refractivity contribution >= 4 is 28.8 Å². The van der Waals surface area contributed by atoms with Crippen LogP contribution in [-0.2, 0) is 16.1 Å². The van der Waals surface area contributed by atoms with E-state index in [2.05, 4.69) is 9.88 Å². The Kier molecular flexibility index (Phi) is 4.50. The van der Waals surface area contributed by atoms with E-state index in [9.17, 15) is 9.59 Å². The summed E-state index contributed by atoms with van der Waals surface area (Å²) in [4.78, 5) is 35.3. The van der Waals surface area contributed by atoms with Crippen LogP contribution in [0.3, 0.4) is 0 Å². The van der Waals surface area contributed by atoms with Gasteiger partial charge in [0.25, 0.3) is 0 Å². The Labute approximate surface area is 157 Å². The quantitative estimate of drug-likeness (QED) is 0.829. The molecule has 2 aromatic rings. The molecule has 0 radical (unpaired) electrons. The van der Waals surface area contributed by atoms with Gasteiger partial charge in [0.15, 0.2) is 0 Å². The molecule has 4 rings (SSSR count). The second-order valence-corrected chi connectivity index (χ2v) is 8.01. The number of hydrogen-bond donors (Lipinski definition) is 0. The largest absolute Gasteiger partial charge is 0.325 e. The molecule has 26 heavy (non-hydrogen) atoms. The fourth-order valence-electron chi connectivity index (χ4n) is 4.09. The smallest absolute Gasteiger partial charge is 0.246 e. The molecule has 1 aromatic heterocycles. The lowest BCUT2D eigenvalue weighted by molar-refractivity contribution is -0.142. The van der Waals surface area contributed by atoms with E-state index in [1.54, 1.807) is 23.2 Å². The summed E-state index contributed by atoms with van der Waals surface area (Å²) in [7, 11) is 0. The van der Waals surface area contributed by atoms with Crippen molar-refractivity contribution in [2.75, 3.05) is 31.1 Å². The van der Waals surface area contributed by atoms with E-state index < -0.39 is 0 Å². The van der Waals surface area contributed by atoms with Gasteiger partial charge in [-0.05, 0) is 18.6 Å². The molecule has 2 fully saturated rings. The molecule has 0 N–H and O–H groups in total. The summed E-state index contributed by atoms with van der Waals surface area (Å²) in [5.41, 5.74) is 0.575. The fraction of sp³-hybridized carbons (Fsp3) is 0.421. The number of carbonyl (C=O) groups excluding carboxylic acids is 2. The number of para-hydroxylation sites is 1. The number of amides is 2. The number of aromatic nitrogens is 1. The third kappa shape index (κ3) is 3.12. The maximum Gasteiger partial charge on any atom is 0.246 e. The van der Waals surface area contributed by atoms with Crippen LogP contribution in [0.1, 0.15) is 18.4 Å². The van der Waals surface area contributed by atoms with E-state index in [1.165, 1.54) is 0 Å². The van der Waals surface area contributed by atoms with Gasteiger partial charge in [0.05, 0.1) is 18.6 Å². The van der Waals surface area contributed by atoms with E-state index in [1.807, 2.05) is 46.8 Å². The zero-order valence-corrected chi connectivity index (χ0v) is 15.6. The number of thiazole rings is 1. The molecule has 6 nitrogen and oxygen atoms in total. The SMILES string of the molecule is CC(=O)N1CC(=O)N(c2ccccc2)CC12CCN(Cc1nccs1)C2. The number of benzene rings is 1. The zero-order chi connectivity index (χ0) is 18.1. The van der Waals surface area contributed by atoms with Gasteiger partial charge in [-0.1, -0.05) is 18.2 Å². The lowest BCUT2D eigenvalue weighted by Gasteiger charge is -2.48. The van der Waals surface area contributed by atoms with Crippen LogP contribution in [0, 0.1) is 0 Å². The van der Waals surface area contributed by atoms with Crippen molar-refractivity contribution in [3.63, 3.8) is 0 Å². The normalized spacial score (nSPS) is 23.8. The molecule has 2 aliphatic heterocycles. The number of nitrogens with zero attached hydrogens (tertiary/aromatic N) is 4. The first kappa shape index (κ1) is 17.2. The van der Waals surface area contributed by atoms with Gasteiger partial charge in [0.1, 0.15) is 11.6 Å². The molecular weight excluding hydrogens is 348 g/mol. The third-order valence-electron chi connectivity index (χ3n) is 5.32. The van der Waals surface area contributed by atoms with E-state index in [4.69, 9.17) is 0 Å². The summed E-state index contributed by atoms with van der Waals surface area (Å²) in [5, 5.41) is 3.07. The van der Waals surface area contributed by atoms with Crippen LogP contribution >= 0.6 is 11.3 Å². The zero-order valence-electron chi connectivity index (χ0n) is 14.8. The Bertz CT molecular complexity index is 795. The average Bonchev–Trinajstić information content (AvgIpc) is 3.28. The molecule has 1 unspecified atom stereocenters. The molecule has 1 atom stereocenters. The topological polar surface area (TPSA) is 56.8 Å². The predicted octanol–water partition coefficient (Wildman–Crippen LogP) is 1.98. The van der Waals surface area contributed by atoms with E-state index in [0.29, 0.717) is 6.54 Å². The first-order chi connectivity index (χ1) is 12.6. The van der Waals surface area contributed by atoms with Gasteiger partial charge in [-0.2, -0.15) is 0 Å². The molecule has 0 saturated carbocycles. The van der Waals surface area contributed by atoms with Gasteiger partial charge in [-0.3, -0.25) is 14.5 Å². The molecular formula is C19H22N4O2S. The van der Waals surface area contributed by atoms with Crippen molar-refractivity contribution in [1.82, 2.24) is 14.8 Å². The highest BCUT2D eigenvalue weighted by Gasteiger charge is 2.50. The third-order valence-corrected chi connectivity index (χ3v) is 6.09. The Balaban J connectivity index is 1.59. The van der Waals surface area contributed by atoms with E-state index >= 15 is 0 Å². The average molecular weight is 370 g/mol. The van der Waals surface area contributed by atoms with Crippen LogP contribution < -0.4 is 4.90 Å². The summed E-state index contributed by atoms with van der Waals surface area (Å²) in [5.74, 6) is -0.0439. The molecule has 2 saturated heterocycles. The van der Waals surface area contributed by atoms with Crippen molar-refractivity contribution < 1.29 is 9.59 Å². The summed E-state index contributed by atoms with van der Waals surface area (Å²) in [6, 6.07) is 9.74. The second-order valence-electron chi connectivity index (χ2n) is 7.03. The highest BCUT2D eigenvalue weighted by Crippen LogP contribution is 2.35. The molecule has 0 bridgehead atoms. The highest BCUT2D eigenvalue weighted by atomic mass is 32.1. The number of anilines is 1. The van der Waals surface area contributed by atoms with Crippen molar-refractivity contribution in [2.45, 2.75) is 25.4 Å². The van der Waals surface area contributed by atoms with Crippen LogP contribution in [0.15, 0.2) is 41.9 Å². The van der Waals surface area contributed by atoms with Crippen molar-refractivity contribution in [2.24, 2.45) is 0 Å². The van der Waals surface area contributed by atoms with E-state index in [0.717, 1.165) is 36.8 Å². The van der Waals surface area contributed by atoms with Gasteiger partial charge in [0.2, 0.25) is 11.8 Å². The Morgan fingerprint density at radius 1 is 1.27 bits per heavy atom. The minimum absolute atomic E-state index is 0.0181. The first-order valence-electron chi connectivity index (χ1n) is 8.82. The first-order valence-corrected chi connectivity index (χ1v) is 9.70. The number of rotatable bonds is 3. The van der Waals surface area contributed by atoms with Gasteiger partial charge < -0.3 is 9.80 Å². The summed E-state index contributed by atoms with van der Waals surface area (Å²) >= 11 is 1.65. The van der Waals surface area contributed by atoms with Gasteiger partial charge in [-0.15, -0.1) is 11.3 Å². The van der Waals surface area contributed by atoms with Crippen LogP contribution in [-0.4, -0.2) is 58.3 Å². The second kappa shape index (κ2) is 6.81. The van der Waals surface area contributed by atoms with Crippen molar-refractivity contribution in [3.05, 3.63) is 46.9 Å². The molecule has 2 amide bonds. The van der Waals surface area contributed by atoms with Gasteiger partial charge in [-0.25, -0.2) is 4.98 Å². The van der Waals surface area contributed by atoms with Gasteiger partial charge in [0, 0.05) is 37.3 Å². The molecule has 7 heteroatoms. The summed E-state index contributed by atoms with van der Waals surface area (Å²) in [6.45, 7) is 4.73. The number of hydrogen-bond acceptors (Lipinski definition) is 5. The molecule has 1 aromatic carbocycles. The number of carbonyl (C=O) groups is 2. The minimum Gasteiger partial charge on any atom is -0.325 e.